The van der Waals surface area contributed by atoms with E-state index in [9.17, 15) is 17.2 Å². The Bertz CT molecular complexity index is 566. The van der Waals surface area contributed by atoms with E-state index in [2.05, 4.69) is 15.9 Å². The normalized spacial score (nSPS) is 12.2. The number of rotatable bonds is 5. The summed E-state index contributed by atoms with van der Waals surface area (Å²) in [6, 6.07) is 2.54. The van der Waals surface area contributed by atoms with E-state index in [0.29, 0.717) is 8.78 Å². The van der Waals surface area contributed by atoms with Crippen LogP contribution in [-0.2, 0) is 10.0 Å². The van der Waals surface area contributed by atoms with Crippen LogP contribution in [0, 0.1) is 0 Å². The number of hydrogen-bond donors (Lipinski definition) is 1. The van der Waals surface area contributed by atoms with Gasteiger partial charge in [0.2, 0.25) is 10.0 Å². The van der Waals surface area contributed by atoms with Gasteiger partial charge in [0.25, 0.3) is 6.43 Å². The van der Waals surface area contributed by atoms with Crippen molar-refractivity contribution in [1.82, 2.24) is 4.31 Å². The average molecular weight is 359 g/mol. The molecule has 0 fully saturated rings. The Morgan fingerprint density at radius 3 is 2.53 bits per heavy atom. The van der Waals surface area contributed by atoms with E-state index in [1.807, 2.05) is 0 Å². The van der Waals surface area contributed by atoms with Crippen molar-refractivity contribution >= 4 is 31.6 Å². The van der Waals surface area contributed by atoms with Crippen LogP contribution in [0.1, 0.15) is 0 Å². The van der Waals surface area contributed by atoms with Crippen molar-refractivity contribution in [3.63, 3.8) is 0 Å². The minimum absolute atomic E-state index is 0.0298. The Morgan fingerprint density at radius 2 is 2.05 bits per heavy atom. The molecule has 1 aromatic carbocycles. The summed E-state index contributed by atoms with van der Waals surface area (Å²) in [4.78, 5) is -0.251. The van der Waals surface area contributed by atoms with Gasteiger partial charge in [-0.1, -0.05) is 0 Å². The molecule has 0 aromatic heterocycles. The number of methoxy groups -OCH3 is 1. The molecule has 5 nitrogen and oxygen atoms in total. The predicted molar refractivity (Wildman–Crippen MR) is 70.9 cm³/mol. The molecule has 0 amide bonds. The molecule has 108 valence electrons. The number of alkyl halides is 2. The maximum absolute atomic E-state index is 12.3. The van der Waals surface area contributed by atoms with Crippen molar-refractivity contribution < 1.29 is 21.9 Å². The zero-order chi connectivity index (χ0) is 14.8. The molecule has 0 spiro atoms. The molecule has 0 radical (unpaired) electrons. The first-order chi connectivity index (χ1) is 8.70. The highest BCUT2D eigenvalue weighted by atomic mass is 79.9. The molecule has 0 bridgehead atoms. The van der Waals surface area contributed by atoms with E-state index in [1.165, 1.54) is 19.2 Å². The number of nitrogens with zero attached hydrogens (tertiary/aromatic N) is 1. The van der Waals surface area contributed by atoms with Gasteiger partial charge in [-0.3, -0.25) is 0 Å². The van der Waals surface area contributed by atoms with Crippen LogP contribution >= 0.6 is 15.9 Å². The Labute approximate surface area is 118 Å². The van der Waals surface area contributed by atoms with Crippen molar-refractivity contribution in [1.29, 1.82) is 0 Å². The van der Waals surface area contributed by atoms with Gasteiger partial charge in [-0.05, 0) is 28.1 Å². The topological polar surface area (TPSA) is 72.6 Å². The fourth-order valence-electron chi connectivity index (χ4n) is 1.37. The van der Waals surface area contributed by atoms with Crippen molar-refractivity contribution in [3.8, 4) is 5.75 Å². The van der Waals surface area contributed by atoms with Gasteiger partial charge in [-0.15, -0.1) is 0 Å². The lowest BCUT2D eigenvalue weighted by Gasteiger charge is -2.19. The second-order valence-electron chi connectivity index (χ2n) is 3.70. The number of halogens is 3. The van der Waals surface area contributed by atoms with Crippen LogP contribution in [0.2, 0.25) is 0 Å². The lowest BCUT2D eigenvalue weighted by atomic mass is 10.3. The predicted octanol–water partition coefficient (Wildman–Crippen LogP) is 1.93. The molecule has 0 heterocycles. The molecule has 0 unspecified atom stereocenters. The Kier molecular flexibility index (Phi) is 5.11. The summed E-state index contributed by atoms with van der Waals surface area (Å²) < 4.78 is 54.8. The highest BCUT2D eigenvalue weighted by Gasteiger charge is 2.27. The summed E-state index contributed by atoms with van der Waals surface area (Å²) >= 11 is 3.13. The van der Waals surface area contributed by atoms with Crippen LogP contribution in [0.25, 0.3) is 0 Å². The van der Waals surface area contributed by atoms with E-state index >= 15 is 0 Å². The molecule has 1 rings (SSSR count). The molecule has 19 heavy (non-hydrogen) atoms. The minimum Gasteiger partial charge on any atom is -0.495 e. The van der Waals surface area contributed by atoms with E-state index in [4.69, 9.17) is 10.5 Å². The van der Waals surface area contributed by atoms with Gasteiger partial charge in [-0.25, -0.2) is 17.2 Å². The molecule has 2 N–H and O–H groups in total. The maximum atomic E-state index is 12.3. The van der Waals surface area contributed by atoms with Gasteiger partial charge >= 0.3 is 0 Å². The molecule has 0 saturated heterocycles. The van der Waals surface area contributed by atoms with Crippen LogP contribution in [0.5, 0.6) is 5.75 Å². The van der Waals surface area contributed by atoms with Gasteiger partial charge in [0, 0.05) is 17.2 Å². The lowest BCUT2D eigenvalue weighted by Crippen LogP contribution is -2.31. The molecule has 0 aliphatic heterocycles. The van der Waals surface area contributed by atoms with Crippen LogP contribution < -0.4 is 10.5 Å². The van der Waals surface area contributed by atoms with Crippen LogP contribution in [-0.4, -0.2) is 39.9 Å². The minimum atomic E-state index is -4.09. The quantitative estimate of drug-likeness (QED) is 0.816. The highest BCUT2D eigenvalue weighted by Crippen LogP contribution is 2.33. The first kappa shape index (κ1) is 16.1. The van der Waals surface area contributed by atoms with Gasteiger partial charge in [0.15, 0.2) is 0 Å². The first-order valence-corrected chi connectivity index (χ1v) is 7.31. The summed E-state index contributed by atoms with van der Waals surface area (Å²) in [7, 11) is -1.74. The number of sulfonamides is 1. The third kappa shape index (κ3) is 3.54. The van der Waals surface area contributed by atoms with Crippen molar-refractivity contribution in [2.24, 2.45) is 0 Å². The third-order valence-electron chi connectivity index (χ3n) is 2.37. The Balaban J connectivity index is 3.32. The summed E-state index contributed by atoms with van der Waals surface area (Å²) in [5, 5.41) is 0. The standard InChI is InChI=1S/C10H13BrF2N2O3S/c1-15(5-10(12)13)19(16,17)9-4-7(14)6(11)3-8(9)18-2/h3-4,10H,5,14H2,1-2H3. The zero-order valence-electron chi connectivity index (χ0n) is 10.2. The molecule has 0 aliphatic rings. The SMILES string of the molecule is COc1cc(Br)c(N)cc1S(=O)(=O)N(C)CC(F)F. The van der Waals surface area contributed by atoms with Crippen molar-refractivity contribution in [2.75, 3.05) is 26.4 Å². The molecule has 0 atom stereocenters. The van der Waals surface area contributed by atoms with Gasteiger partial charge in [0.05, 0.1) is 13.7 Å². The number of hydrogen-bond acceptors (Lipinski definition) is 4. The fourth-order valence-corrected chi connectivity index (χ4v) is 3.01. The monoisotopic (exact) mass is 358 g/mol. The second-order valence-corrected chi connectivity index (χ2v) is 6.57. The summed E-state index contributed by atoms with van der Waals surface area (Å²) in [5.41, 5.74) is 5.78. The molecular weight excluding hydrogens is 346 g/mol. The summed E-state index contributed by atoms with van der Waals surface area (Å²) in [5.74, 6) is 0.0298. The van der Waals surface area contributed by atoms with Crippen LogP contribution in [0.4, 0.5) is 14.5 Å². The summed E-state index contributed by atoms with van der Waals surface area (Å²) in [6.45, 7) is -0.901. The maximum Gasteiger partial charge on any atom is 0.252 e. The molecule has 0 saturated carbocycles. The first-order valence-electron chi connectivity index (χ1n) is 5.07. The Hall–Kier alpha value is -0.930. The number of nitrogens with two attached hydrogens (primary N) is 1. The van der Waals surface area contributed by atoms with Crippen molar-refractivity contribution in [2.45, 2.75) is 11.3 Å². The Morgan fingerprint density at radius 1 is 1.47 bits per heavy atom. The average Bonchev–Trinajstić information content (AvgIpc) is 2.30. The smallest absolute Gasteiger partial charge is 0.252 e. The van der Waals surface area contributed by atoms with Gasteiger partial charge in [-0.2, -0.15) is 4.31 Å². The zero-order valence-corrected chi connectivity index (χ0v) is 12.6. The molecule has 1 aromatic rings. The van der Waals surface area contributed by atoms with E-state index in [-0.39, 0.29) is 16.3 Å². The van der Waals surface area contributed by atoms with Crippen LogP contribution in [0.15, 0.2) is 21.5 Å². The second kappa shape index (κ2) is 6.02. The number of ether oxygens (including phenoxy) is 1. The van der Waals surface area contributed by atoms with E-state index in [0.717, 1.165) is 7.05 Å². The molecular formula is C10H13BrF2N2O3S. The molecule has 0 aliphatic carbocycles. The van der Waals surface area contributed by atoms with Gasteiger partial charge in [0.1, 0.15) is 10.6 Å². The van der Waals surface area contributed by atoms with Crippen molar-refractivity contribution in [3.05, 3.63) is 16.6 Å². The highest BCUT2D eigenvalue weighted by molar-refractivity contribution is 9.10. The fraction of sp³-hybridized carbons (Fsp3) is 0.400. The lowest BCUT2D eigenvalue weighted by molar-refractivity contribution is 0.126. The molecule has 9 heteroatoms. The summed E-state index contributed by atoms with van der Waals surface area (Å²) in [6.07, 6.45) is -2.77. The number of anilines is 1. The number of benzene rings is 1. The van der Waals surface area contributed by atoms with Gasteiger partial charge < -0.3 is 10.5 Å². The largest absolute Gasteiger partial charge is 0.495 e. The van der Waals surface area contributed by atoms with Crippen LogP contribution in [0.3, 0.4) is 0 Å². The number of nitrogen functional groups attached to an aromatic ring is 1. The van der Waals surface area contributed by atoms with E-state index in [1.54, 1.807) is 0 Å². The van der Waals surface area contributed by atoms with E-state index < -0.39 is 23.0 Å². The third-order valence-corrected chi connectivity index (χ3v) is 4.90.